The molecule has 0 bridgehead atoms. The third kappa shape index (κ3) is 5.74. The minimum atomic E-state index is -3.33. The van der Waals surface area contributed by atoms with E-state index in [2.05, 4.69) is 5.32 Å². The van der Waals surface area contributed by atoms with Crippen molar-refractivity contribution in [2.75, 3.05) is 12.8 Å². The number of aliphatic hydroxyl groups excluding tert-OH is 1. The Morgan fingerprint density at radius 3 is 2.40 bits per heavy atom. The lowest BCUT2D eigenvalue weighted by molar-refractivity contribution is -0.120. The molecule has 0 aliphatic rings. The van der Waals surface area contributed by atoms with Gasteiger partial charge in [0.25, 0.3) is 0 Å². The molecule has 0 aromatic rings. The van der Waals surface area contributed by atoms with Crippen LogP contribution in [0.1, 0.15) is 26.7 Å². The van der Waals surface area contributed by atoms with E-state index in [0.717, 1.165) is 6.26 Å². The SMILES string of the molecule is CCC(O)CCNC(=O)C(C)S(C)(=O)=O. The maximum atomic E-state index is 11.3. The van der Waals surface area contributed by atoms with Crippen LogP contribution in [0.25, 0.3) is 0 Å². The first kappa shape index (κ1) is 14.4. The van der Waals surface area contributed by atoms with E-state index < -0.39 is 27.1 Å². The Kier molecular flexibility index (Phi) is 5.82. The second kappa shape index (κ2) is 6.07. The highest BCUT2D eigenvalue weighted by Crippen LogP contribution is 1.99. The summed E-state index contributed by atoms with van der Waals surface area (Å²) >= 11 is 0. The van der Waals surface area contributed by atoms with Crippen LogP contribution in [0.2, 0.25) is 0 Å². The Balaban J connectivity index is 3.96. The van der Waals surface area contributed by atoms with Crippen molar-refractivity contribution in [3.05, 3.63) is 0 Å². The number of carbonyl (C=O) groups is 1. The first-order chi connectivity index (χ1) is 6.79. The molecule has 0 aliphatic carbocycles. The molecule has 6 heteroatoms. The van der Waals surface area contributed by atoms with E-state index in [-0.39, 0.29) is 0 Å². The normalized spacial score (nSPS) is 15.7. The predicted octanol–water partition coefficient (Wildman–Crippen LogP) is -0.303. The fraction of sp³-hybridized carbons (Fsp3) is 0.889. The molecule has 0 saturated heterocycles. The van der Waals surface area contributed by atoms with Crippen LogP contribution >= 0.6 is 0 Å². The fourth-order valence-corrected chi connectivity index (χ4v) is 1.38. The van der Waals surface area contributed by atoms with Gasteiger partial charge in [-0.25, -0.2) is 8.42 Å². The van der Waals surface area contributed by atoms with Crippen LogP contribution in [0.4, 0.5) is 0 Å². The molecule has 90 valence electrons. The van der Waals surface area contributed by atoms with Crippen molar-refractivity contribution in [2.24, 2.45) is 0 Å². The van der Waals surface area contributed by atoms with Gasteiger partial charge in [0, 0.05) is 12.8 Å². The van der Waals surface area contributed by atoms with Crippen molar-refractivity contribution in [2.45, 2.75) is 38.0 Å². The van der Waals surface area contributed by atoms with E-state index in [9.17, 15) is 18.3 Å². The quantitative estimate of drug-likeness (QED) is 0.664. The number of sulfone groups is 1. The minimum Gasteiger partial charge on any atom is -0.393 e. The van der Waals surface area contributed by atoms with Gasteiger partial charge in [0.05, 0.1) is 6.10 Å². The summed E-state index contributed by atoms with van der Waals surface area (Å²) in [5, 5.41) is 10.6. The number of hydrogen-bond acceptors (Lipinski definition) is 4. The highest BCUT2D eigenvalue weighted by molar-refractivity contribution is 7.92. The lowest BCUT2D eigenvalue weighted by atomic mass is 10.2. The lowest BCUT2D eigenvalue weighted by Crippen LogP contribution is -2.38. The van der Waals surface area contributed by atoms with Crippen LogP contribution in [0.3, 0.4) is 0 Å². The Hall–Kier alpha value is -0.620. The van der Waals surface area contributed by atoms with E-state index in [4.69, 9.17) is 0 Å². The second-order valence-corrected chi connectivity index (χ2v) is 5.98. The van der Waals surface area contributed by atoms with E-state index in [1.807, 2.05) is 6.92 Å². The average molecular weight is 237 g/mol. The standard InChI is InChI=1S/C9H19NO4S/c1-4-8(11)5-6-10-9(12)7(2)15(3,13)14/h7-8,11H,4-6H2,1-3H3,(H,10,12). The van der Waals surface area contributed by atoms with Crippen LogP contribution < -0.4 is 5.32 Å². The zero-order chi connectivity index (χ0) is 12.1. The summed E-state index contributed by atoms with van der Waals surface area (Å²) in [6, 6.07) is 0. The van der Waals surface area contributed by atoms with Gasteiger partial charge in [-0.05, 0) is 19.8 Å². The molecule has 15 heavy (non-hydrogen) atoms. The van der Waals surface area contributed by atoms with Crippen molar-refractivity contribution >= 4 is 15.7 Å². The van der Waals surface area contributed by atoms with Gasteiger partial charge in [0.1, 0.15) is 5.25 Å². The molecule has 0 rings (SSSR count). The predicted molar refractivity (Wildman–Crippen MR) is 58.2 cm³/mol. The first-order valence-corrected chi connectivity index (χ1v) is 6.89. The topological polar surface area (TPSA) is 83.5 Å². The maximum Gasteiger partial charge on any atom is 0.238 e. The molecule has 1 amide bonds. The largest absolute Gasteiger partial charge is 0.393 e. The summed E-state index contributed by atoms with van der Waals surface area (Å²) < 4.78 is 22.0. The zero-order valence-corrected chi connectivity index (χ0v) is 10.2. The number of amides is 1. The third-order valence-electron chi connectivity index (χ3n) is 2.26. The van der Waals surface area contributed by atoms with Crippen molar-refractivity contribution in [1.82, 2.24) is 5.32 Å². The van der Waals surface area contributed by atoms with Crippen molar-refractivity contribution < 1.29 is 18.3 Å². The van der Waals surface area contributed by atoms with Crippen LogP contribution in [0.5, 0.6) is 0 Å². The van der Waals surface area contributed by atoms with E-state index in [0.29, 0.717) is 19.4 Å². The van der Waals surface area contributed by atoms with Gasteiger partial charge in [0.2, 0.25) is 5.91 Å². The number of rotatable bonds is 6. The summed E-state index contributed by atoms with van der Waals surface area (Å²) in [6.45, 7) is 3.49. The molecule has 0 spiro atoms. The molecule has 0 radical (unpaired) electrons. The lowest BCUT2D eigenvalue weighted by Gasteiger charge is -2.12. The molecule has 0 heterocycles. The number of nitrogens with one attached hydrogen (secondary N) is 1. The molecule has 0 aromatic heterocycles. The molecule has 2 N–H and O–H groups in total. The molecule has 0 fully saturated rings. The summed E-state index contributed by atoms with van der Waals surface area (Å²) in [7, 11) is -3.33. The van der Waals surface area contributed by atoms with Crippen molar-refractivity contribution in [3.8, 4) is 0 Å². The number of aliphatic hydroxyl groups is 1. The molecule has 0 aliphatic heterocycles. The van der Waals surface area contributed by atoms with Crippen LogP contribution in [0.15, 0.2) is 0 Å². The van der Waals surface area contributed by atoms with Crippen molar-refractivity contribution in [3.63, 3.8) is 0 Å². The highest BCUT2D eigenvalue weighted by Gasteiger charge is 2.22. The minimum absolute atomic E-state index is 0.299. The second-order valence-electron chi connectivity index (χ2n) is 3.61. The monoisotopic (exact) mass is 237 g/mol. The van der Waals surface area contributed by atoms with Gasteiger partial charge < -0.3 is 10.4 Å². The van der Waals surface area contributed by atoms with E-state index in [1.165, 1.54) is 6.92 Å². The average Bonchev–Trinajstić information content (AvgIpc) is 2.14. The molecule has 2 unspecified atom stereocenters. The Labute approximate surface area is 90.8 Å². The van der Waals surface area contributed by atoms with Gasteiger partial charge in [-0.2, -0.15) is 0 Å². The van der Waals surface area contributed by atoms with Crippen LogP contribution in [-0.2, 0) is 14.6 Å². The molecular formula is C9H19NO4S. The van der Waals surface area contributed by atoms with Gasteiger partial charge in [-0.1, -0.05) is 6.92 Å². The van der Waals surface area contributed by atoms with E-state index in [1.54, 1.807) is 0 Å². The summed E-state index contributed by atoms with van der Waals surface area (Å²) in [5.74, 6) is -0.513. The zero-order valence-electron chi connectivity index (χ0n) is 9.36. The summed E-state index contributed by atoms with van der Waals surface area (Å²) in [5.41, 5.74) is 0. The molecule has 5 nitrogen and oxygen atoms in total. The molecule has 2 atom stereocenters. The smallest absolute Gasteiger partial charge is 0.238 e. The summed E-state index contributed by atoms with van der Waals surface area (Å²) in [4.78, 5) is 11.3. The summed E-state index contributed by atoms with van der Waals surface area (Å²) in [6.07, 6.45) is 1.65. The third-order valence-corrected chi connectivity index (χ3v) is 3.76. The van der Waals surface area contributed by atoms with Gasteiger partial charge in [0.15, 0.2) is 9.84 Å². The maximum absolute atomic E-state index is 11.3. The molecular weight excluding hydrogens is 218 g/mol. The van der Waals surface area contributed by atoms with Crippen LogP contribution in [0, 0.1) is 0 Å². The van der Waals surface area contributed by atoms with Gasteiger partial charge in [-0.15, -0.1) is 0 Å². The fourth-order valence-electron chi connectivity index (χ4n) is 0.904. The van der Waals surface area contributed by atoms with Crippen molar-refractivity contribution in [1.29, 1.82) is 0 Å². The van der Waals surface area contributed by atoms with Crippen LogP contribution in [-0.4, -0.2) is 43.6 Å². The Morgan fingerprint density at radius 1 is 1.47 bits per heavy atom. The molecule has 0 aromatic carbocycles. The Bertz CT molecular complexity index is 299. The number of carbonyl (C=O) groups excluding carboxylic acids is 1. The Morgan fingerprint density at radius 2 is 2.00 bits per heavy atom. The van der Waals surface area contributed by atoms with Gasteiger partial charge in [-0.3, -0.25) is 4.79 Å². The molecule has 0 saturated carbocycles. The van der Waals surface area contributed by atoms with Gasteiger partial charge >= 0.3 is 0 Å². The number of hydrogen-bond donors (Lipinski definition) is 2. The highest BCUT2D eigenvalue weighted by atomic mass is 32.2. The van der Waals surface area contributed by atoms with E-state index >= 15 is 0 Å². The first-order valence-electron chi connectivity index (χ1n) is 4.93.